The summed E-state index contributed by atoms with van der Waals surface area (Å²) in [5.74, 6) is 0.206. The molecule has 2 N–H and O–H groups in total. The van der Waals surface area contributed by atoms with Gasteiger partial charge in [0.25, 0.3) is 0 Å². The molecule has 5 nitrogen and oxygen atoms in total. The molecule has 0 spiro atoms. The highest BCUT2D eigenvalue weighted by molar-refractivity contribution is 5.80. The van der Waals surface area contributed by atoms with Crippen LogP contribution in [0.15, 0.2) is 29.3 Å². The first-order chi connectivity index (χ1) is 12.8. The molecule has 1 aliphatic rings. The van der Waals surface area contributed by atoms with Gasteiger partial charge >= 0.3 is 6.18 Å². The van der Waals surface area contributed by atoms with Crippen molar-refractivity contribution in [1.29, 1.82) is 0 Å². The number of rotatable bonds is 7. The number of ether oxygens (including phenoxy) is 1. The average Bonchev–Trinajstić information content (AvgIpc) is 3.02. The van der Waals surface area contributed by atoms with Crippen LogP contribution in [0, 0.1) is 5.82 Å². The van der Waals surface area contributed by atoms with Crippen LogP contribution in [0.2, 0.25) is 0 Å². The van der Waals surface area contributed by atoms with Gasteiger partial charge in [-0.05, 0) is 31.0 Å². The number of alkyl halides is 3. The Kier molecular flexibility index (Phi) is 7.85. The molecular formula is C18H26F4N4O. The Balaban J connectivity index is 1.94. The molecule has 2 rings (SSSR count). The molecule has 0 amide bonds. The zero-order valence-electron chi connectivity index (χ0n) is 15.5. The molecule has 0 radical (unpaired) electrons. The molecular weight excluding hydrogens is 364 g/mol. The monoisotopic (exact) mass is 390 g/mol. The first kappa shape index (κ1) is 21.4. The number of hydrogen-bond acceptors (Lipinski definition) is 3. The topological polar surface area (TPSA) is 48.9 Å². The van der Waals surface area contributed by atoms with Gasteiger partial charge in [-0.3, -0.25) is 9.89 Å². The number of methoxy groups -OCH3 is 1. The predicted molar refractivity (Wildman–Crippen MR) is 96.2 cm³/mol. The first-order valence-corrected chi connectivity index (χ1v) is 8.93. The summed E-state index contributed by atoms with van der Waals surface area (Å²) in [4.78, 5) is 5.87. The smallest absolute Gasteiger partial charge is 0.375 e. The normalized spacial score (nSPS) is 19.9. The van der Waals surface area contributed by atoms with Crippen molar-refractivity contribution in [2.75, 3.05) is 39.8 Å². The lowest BCUT2D eigenvalue weighted by molar-refractivity contribution is -0.143. The lowest BCUT2D eigenvalue weighted by Crippen LogP contribution is -2.45. The SMILES string of the molecule is CCNC(=NCC(OC)c1ccc(F)cc1)NC1CCN(CC(F)(F)F)C1. The summed E-state index contributed by atoms with van der Waals surface area (Å²) in [7, 11) is 1.55. The second kappa shape index (κ2) is 9.89. The van der Waals surface area contributed by atoms with Crippen molar-refractivity contribution in [3.63, 3.8) is 0 Å². The molecule has 9 heteroatoms. The van der Waals surface area contributed by atoms with Gasteiger partial charge in [0, 0.05) is 32.8 Å². The molecule has 152 valence electrons. The van der Waals surface area contributed by atoms with E-state index in [4.69, 9.17) is 4.74 Å². The third kappa shape index (κ3) is 7.34. The summed E-state index contributed by atoms with van der Waals surface area (Å²) in [6, 6.07) is 5.92. The lowest BCUT2D eigenvalue weighted by atomic mass is 10.1. The zero-order chi connectivity index (χ0) is 19.9. The molecule has 0 saturated carbocycles. The summed E-state index contributed by atoms with van der Waals surface area (Å²) in [5, 5.41) is 6.28. The number of nitrogens with zero attached hydrogens (tertiary/aromatic N) is 2. The highest BCUT2D eigenvalue weighted by Gasteiger charge is 2.34. The van der Waals surface area contributed by atoms with Crippen molar-refractivity contribution < 1.29 is 22.3 Å². The standard InChI is InChI=1S/C18H26F4N4O/c1-3-23-17(25-15-8-9-26(11-15)12-18(20,21)22)24-10-16(27-2)13-4-6-14(19)7-5-13/h4-7,15-16H,3,8-12H2,1-2H3,(H2,23,24,25). The summed E-state index contributed by atoms with van der Waals surface area (Å²) < 4.78 is 56.0. The van der Waals surface area contributed by atoms with E-state index in [1.54, 1.807) is 19.2 Å². The van der Waals surface area contributed by atoms with E-state index in [0.717, 1.165) is 5.56 Å². The average molecular weight is 390 g/mol. The molecule has 0 bridgehead atoms. The van der Waals surface area contributed by atoms with Gasteiger partial charge in [-0.2, -0.15) is 13.2 Å². The van der Waals surface area contributed by atoms with Crippen LogP contribution < -0.4 is 10.6 Å². The van der Waals surface area contributed by atoms with Gasteiger partial charge in [-0.1, -0.05) is 12.1 Å². The van der Waals surface area contributed by atoms with E-state index in [0.29, 0.717) is 38.6 Å². The minimum atomic E-state index is -4.19. The molecule has 2 atom stereocenters. The number of benzene rings is 1. The summed E-state index contributed by atoms with van der Waals surface area (Å²) in [5.41, 5.74) is 0.802. The molecule has 0 aliphatic carbocycles. The molecule has 27 heavy (non-hydrogen) atoms. The van der Waals surface area contributed by atoms with Gasteiger partial charge < -0.3 is 15.4 Å². The maximum atomic E-state index is 13.1. The van der Waals surface area contributed by atoms with E-state index in [9.17, 15) is 17.6 Å². The Morgan fingerprint density at radius 2 is 2.04 bits per heavy atom. The minimum Gasteiger partial charge on any atom is -0.375 e. The third-order valence-electron chi connectivity index (χ3n) is 4.30. The quantitative estimate of drug-likeness (QED) is 0.427. The van der Waals surface area contributed by atoms with Gasteiger partial charge in [-0.25, -0.2) is 4.39 Å². The second-order valence-electron chi connectivity index (χ2n) is 6.48. The highest BCUT2D eigenvalue weighted by Crippen LogP contribution is 2.20. The maximum absolute atomic E-state index is 13.1. The fourth-order valence-electron chi connectivity index (χ4n) is 3.03. The second-order valence-corrected chi connectivity index (χ2v) is 6.48. The van der Waals surface area contributed by atoms with E-state index >= 15 is 0 Å². The number of halogens is 4. The third-order valence-corrected chi connectivity index (χ3v) is 4.30. The van der Waals surface area contributed by atoms with Crippen LogP contribution in [-0.2, 0) is 4.74 Å². The van der Waals surface area contributed by atoms with Crippen LogP contribution >= 0.6 is 0 Å². The van der Waals surface area contributed by atoms with Crippen LogP contribution in [0.5, 0.6) is 0 Å². The van der Waals surface area contributed by atoms with Crippen molar-refractivity contribution in [3.8, 4) is 0 Å². The van der Waals surface area contributed by atoms with Crippen molar-refractivity contribution in [3.05, 3.63) is 35.6 Å². The Morgan fingerprint density at radius 3 is 2.63 bits per heavy atom. The van der Waals surface area contributed by atoms with Crippen LogP contribution in [0.1, 0.15) is 25.0 Å². The lowest BCUT2D eigenvalue weighted by Gasteiger charge is -2.20. The van der Waals surface area contributed by atoms with E-state index in [1.165, 1.54) is 17.0 Å². The van der Waals surface area contributed by atoms with Crippen LogP contribution in [0.4, 0.5) is 17.6 Å². The van der Waals surface area contributed by atoms with Crippen LogP contribution in [-0.4, -0.2) is 62.9 Å². The summed E-state index contributed by atoms with van der Waals surface area (Å²) >= 11 is 0. The van der Waals surface area contributed by atoms with E-state index in [-0.39, 0.29) is 18.0 Å². The van der Waals surface area contributed by atoms with E-state index in [1.807, 2.05) is 6.92 Å². The number of hydrogen-bond donors (Lipinski definition) is 2. The number of guanidine groups is 1. The molecule has 1 fully saturated rings. The molecule has 1 saturated heterocycles. The van der Waals surface area contributed by atoms with Gasteiger partial charge in [-0.15, -0.1) is 0 Å². The highest BCUT2D eigenvalue weighted by atomic mass is 19.4. The van der Waals surface area contributed by atoms with Gasteiger partial charge in [0.15, 0.2) is 5.96 Å². The van der Waals surface area contributed by atoms with Gasteiger partial charge in [0.05, 0.1) is 13.1 Å². The Labute approximate surface area is 156 Å². The van der Waals surface area contributed by atoms with E-state index < -0.39 is 12.7 Å². The summed E-state index contributed by atoms with van der Waals surface area (Å²) in [6.07, 6.45) is -3.91. The fraction of sp³-hybridized carbons (Fsp3) is 0.611. The number of likely N-dealkylation sites (tertiary alicyclic amines) is 1. The van der Waals surface area contributed by atoms with Gasteiger partial charge in [0.2, 0.25) is 0 Å². The Morgan fingerprint density at radius 1 is 1.33 bits per heavy atom. The van der Waals surface area contributed by atoms with Crippen molar-refractivity contribution in [2.45, 2.75) is 31.7 Å². The number of aliphatic imine (C=N–C) groups is 1. The Bertz CT molecular complexity index is 606. The maximum Gasteiger partial charge on any atom is 0.401 e. The summed E-state index contributed by atoms with van der Waals surface area (Å²) in [6.45, 7) is 2.66. The Hall–Kier alpha value is -1.87. The van der Waals surface area contributed by atoms with Crippen molar-refractivity contribution in [1.82, 2.24) is 15.5 Å². The first-order valence-electron chi connectivity index (χ1n) is 8.93. The zero-order valence-corrected chi connectivity index (χ0v) is 15.5. The predicted octanol–water partition coefficient (Wildman–Crippen LogP) is 2.70. The van der Waals surface area contributed by atoms with Crippen molar-refractivity contribution >= 4 is 5.96 Å². The largest absolute Gasteiger partial charge is 0.401 e. The van der Waals surface area contributed by atoms with Crippen LogP contribution in [0.25, 0.3) is 0 Å². The van der Waals surface area contributed by atoms with E-state index in [2.05, 4.69) is 15.6 Å². The molecule has 2 unspecified atom stereocenters. The molecule has 1 aliphatic heterocycles. The minimum absolute atomic E-state index is 0.100. The molecule has 1 aromatic carbocycles. The van der Waals surface area contributed by atoms with Crippen molar-refractivity contribution in [2.24, 2.45) is 4.99 Å². The molecule has 0 aromatic heterocycles. The molecule has 1 aromatic rings. The van der Waals surface area contributed by atoms with Gasteiger partial charge in [0.1, 0.15) is 11.9 Å². The number of nitrogens with one attached hydrogen (secondary N) is 2. The fourth-order valence-corrected chi connectivity index (χ4v) is 3.03. The molecule has 1 heterocycles. The van der Waals surface area contributed by atoms with Crippen LogP contribution in [0.3, 0.4) is 0 Å².